The minimum Gasteiger partial charge on any atom is -0.478 e. The Kier molecular flexibility index (Phi) is 9.37. The molecular formula is C29H40F3N7O7. The summed E-state index contributed by atoms with van der Waals surface area (Å²) in [7, 11) is 0. The third-order valence-corrected chi connectivity index (χ3v) is 7.62. The van der Waals surface area contributed by atoms with Crippen LogP contribution in [0.4, 0.5) is 22.8 Å². The van der Waals surface area contributed by atoms with Gasteiger partial charge in [0, 0.05) is 13.1 Å². The highest BCUT2D eigenvalue weighted by molar-refractivity contribution is 5.96. The predicted octanol–water partition coefficient (Wildman–Crippen LogP) is 4.18. The van der Waals surface area contributed by atoms with E-state index in [9.17, 15) is 32.3 Å². The summed E-state index contributed by atoms with van der Waals surface area (Å²) in [6.45, 7) is 12.5. The molecule has 5 rings (SSSR count). The molecule has 46 heavy (non-hydrogen) atoms. The van der Waals surface area contributed by atoms with E-state index in [4.69, 9.17) is 14.6 Å². The molecule has 17 heteroatoms. The van der Waals surface area contributed by atoms with Crippen LogP contribution in [0.5, 0.6) is 0 Å². The van der Waals surface area contributed by atoms with Crippen LogP contribution in [-0.2, 0) is 35.7 Å². The molecule has 3 amide bonds. The summed E-state index contributed by atoms with van der Waals surface area (Å²) in [6, 6.07) is 0. The van der Waals surface area contributed by atoms with Gasteiger partial charge >= 0.3 is 24.3 Å². The number of hydrogen-bond acceptors (Lipinski definition) is 8. The van der Waals surface area contributed by atoms with Crippen molar-refractivity contribution < 1.29 is 46.9 Å². The molecule has 3 aliphatic rings. The van der Waals surface area contributed by atoms with Gasteiger partial charge in [0.05, 0.1) is 55.5 Å². The second-order valence-corrected chi connectivity index (χ2v) is 13.5. The van der Waals surface area contributed by atoms with E-state index >= 15 is 0 Å². The van der Waals surface area contributed by atoms with E-state index in [-0.39, 0.29) is 37.1 Å². The molecule has 0 atom stereocenters. The second kappa shape index (κ2) is 12.5. The van der Waals surface area contributed by atoms with Gasteiger partial charge in [-0.3, -0.25) is 14.2 Å². The quantitative estimate of drug-likeness (QED) is 0.494. The zero-order valence-corrected chi connectivity index (χ0v) is 26.7. The van der Waals surface area contributed by atoms with Gasteiger partial charge in [-0.15, -0.1) is 0 Å². The van der Waals surface area contributed by atoms with Gasteiger partial charge in [0.15, 0.2) is 0 Å². The smallest absolute Gasteiger partial charge is 0.411 e. The monoisotopic (exact) mass is 655 g/mol. The summed E-state index contributed by atoms with van der Waals surface area (Å²) in [5.41, 5.74) is -2.28. The Morgan fingerprint density at radius 1 is 0.783 bits per heavy atom. The van der Waals surface area contributed by atoms with Crippen molar-refractivity contribution in [2.24, 2.45) is 0 Å². The van der Waals surface area contributed by atoms with Crippen LogP contribution < -0.4 is 5.32 Å². The number of carbonyl (C=O) groups excluding carboxylic acids is 3. The van der Waals surface area contributed by atoms with Gasteiger partial charge < -0.3 is 29.7 Å². The first kappa shape index (κ1) is 34.6. The lowest BCUT2D eigenvalue weighted by Gasteiger charge is -2.43. The maximum absolute atomic E-state index is 13.3. The van der Waals surface area contributed by atoms with Crippen LogP contribution in [0.2, 0.25) is 0 Å². The van der Waals surface area contributed by atoms with E-state index in [2.05, 4.69) is 15.5 Å². The van der Waals surface area contributed by atoms with Crippen LogP contribution in [0.25, 0.3) is 0 Å². The summed E-state index contributed by atoms with van der Waals surface area (Å²) in [5, 5.41) is 19.3. The van der Waals surface area contributed by atoms with E-state index in [1.807, 2.05) is 0 Å². The number of ether oxygens (including phenoxy) is 2. The van der Waals surface area contributed by atoms with Gasteiger partial charge in [0.1, 0.15) is 22.3 Å². The average Bonchev–Trinajstić information content (AvgIpc) is 3.52. The average molecular weight is 656 g/mol. The van der Waals surface area contributed by atoms with Crippen LogP contribution in [0, 0.1) is 0 Å². The summed E-state index contributed by atoms with van der Waals surface area (Å²) in [6.07, 6.45) is -2.74. The van der Waals surface area contributed by atoms with Crippen molar-refractivity contribution in [3.8, 4) is 0 Å². The first-order valence-corrected chi connectivity index (χ1v) is 14.9. The molecule has 0 radical (unpaired) electrons. The van der Waals surface area contributed by atoms with Crippen molar-refractivity contribution in [1.82, 2.24) is 34.7 Å². The van der Waals surface area contributed by atoms with Crippen LogP contribution in [0.15, 0.2) is 12.4 Å². The van der Waals surface area contributed by atoms with Crippen molar-refractivity contribution in [2.45, 2.75) is 110 Å². The molecule has 0 unspecified atom stereocenters. The number of carboxylic acid groups (broad SMARTS) is 1. The Morgan fingerprint density at radius 2 is 1.22 bits per heavy atom. The van der Waals surface area contributed by atoms with Crippen molar-refractivity contribution in [3.05, 3.63) is 34.9 Å². The van der Waals surface area contributed by atoms with E-state index in [1.165, 1.54) is 26.9 Å². The highest BCUT2D eigenvalue weighted by Crippen LogP contribution is 2.45. The van der Waals surface area contributed by atoms with E-state index in [1.54, 1.807) is 46.2 Å². The Bertz CT molecular complexity index is 1480. The van der Waals surface area contributed by atoms with E-state index in [0.717, 1.165) is 0 Å². The molecule has 0 bridgehead atoms. The lowest BCUT2D eigenvalue weighted by atomic mass is 9.76. The number of amides is 3. The minimum atomic E-state index is -4.50. The zero-order valence-electron chi connectivity index (χ0n) is 26.7. The van der Waals surface area contributed by atoms with Gasteiger partial charge in [0.2, 0.25) is 0 Å². The number of aromatic nitrogens is 4. The predicted molar refractivity (Wildman–Crippen MR) is 155 cm³/mol. The van der Waals surface area contributed by atoms with Crippen LogP contribution in [-0.4, -0.2) is 94.5 Å². The molecule has 0 spiro atoms. The van der Waals surface area contributed by atoms with Gasteiger partial charge in [-0.25, -0.2) is 14.4 Å². The largest absolute Gasteiger partial charge is 0.478 e. The molecule has 1 fully saturated rings. The second-order valence-electron chi connectivity index (χ2n) is 13.5. The van der Waals surface area contributed by atoms with Gasteiger partial charge in [-0.05, 0) is 60.8 Å². The molecule has 0 saturated heterocycles. The molecular weight excluding hydrogens is 615 g/mol. The lowest BCUT2D eigenvalue weighted by molar-refractivity contribution is -0.215. The summed E-state index contributed by atoms with van der Waals surface area (Å²) in [5.74, 6) is -1.85. The SMILES string of the molecule is CC(C)(C)OC(=O)N1CCn2ncc(C(=O)NC3(C(F)(F)F)CCC3)c2C1.CC(C)(C)OC(=O)N1CCn2ncc(C(=O)O)c2C1. The third kappa shape index (κ3) is 7.73. The standard InChI is InChI=1S/C17H23F3N4O3.C12H17N3O4/c1-15(2,3)27-14(26)23-7-8-24-12(10-23)11(9-21-24)13(25)22-16(5-4-6-16)17(18,19)20;1-12(2,3)19-11(18)14-4-5-15-9(7-14)8(6-13-15)10(16)17/h9H,4-8,10H2,1-3H3,(H,22,25);6H,4-5,7H2,1-3H3,(H,16,17). The first-order chi connectivity index (χ1) is 21.2. The zero-order chi connectivity index (χ0) is 34.2. The van der Waals surface area contributed by atoms with E-state index in [0.29, 0.717) is 44.0 Å². The summed E-state index contributed by atoms with van der Waals surface area (Å²) >= 11 is 0. The van der Waals surface area contributed by atoms with Gasteiger partial charge in [-0.2, -0.15) is 23.4 Å². The van der Waals surface area contributed by atoms with Crippen molar-refractivity contribution in [1.29, 1.82) is 0 Å². The Hall–Kier alpha value is -4.31. The normalized spacial score (nSPS) is 17.4. The minimum absolute atomic E-state index is 0.0523. The molecule has 1 aliphatic carbocycles. The molecule has 2 aromatic rings. The fourth-order valence-electron chi connectivity index (χ4n) is 5.12. The van der Waals surface area contributed by atoms with Crippen molar-refractivity contribution >= 4 is 24.1 Å². The molecule has 0 aromatic carbocycles. The maximum Gasteiger partial charge on any atom is 0.411 e. The highest BCUT2D eigenvalue weighted by atomic mass is 19.4. The van der Waals surface area contributed by atoms with E-state index < -0.39 is 47.0 Å². The van der Waals surface area contributed by atoms with Crippen molar-refractivity contribution in [2.75, 3.05) is 13.1 Å². The van der Waals surface area contributed by atoms with Crippen LogP contribution in [0.1, 0.15) is 92.9 Å². The Labute approximate surface area is 263 Å². The van der Waals surface area contributed by atoms with Crippen LogP contribution >= 0.6 is 0 Å². The number of halogens is 3. The molecule has 2 aromatic heterocycles. The number of aromatic carboxylic acids is 1. The maximum atomic E-state index is 13.3. The summed E-state index contributed by atoms with van der Waals surface area (Å²) in [4.78, 5) is 50.7. The van der Waals surface area contributed by atoms with Crippen molar-refractivity contribution in [3.63, 3.8) is 0 Å². The van der Waals surface area contributed by atoms with Gasteiger partial charge in [0.25, 0.3) is 5.91 Å². The highest BCUT2D eigenvalue weighted by Gasteiger charge is 2.59. The summed E-state index contributed by atoms with van der Waals surface area (Å²) < 4.78 is 53.7. The first-order valence-electron chi connectivity index (χ1n) is 14.9. The fourth-order valence-corrected chi connectivity index (χ4v) is 5.12. The number of nitrogens with zero attached hydrogens (tertiary/aromatic N) is 6. The molecule has 1 saturated carbocycles. The number of rotatable bonds is 3. The Balaban J connectivity index is 0.000000222. The van der Waals surface area contributed by atoms with Crippen LogP contribution in [0.3, 0.4) is 0 Å². The number of carboxylic acids is 1. The van der Waals surface area contributed by atoms with Gasteiger partial charge in [-0.1, -0.05) is 0 Å². The molecule has 14 nitrogen and oxygen atoms in total. The number of hydrogen-bond donors (Lipinski definition) is 2. The molecule has 2 aliphatic heterocycles. The topological polar surface area (TPSA) is 161 Å². The Morgan fingerprint density at radius 3 is 1.59 bits per heavy atom. The molecule has 2 N–H and O–H groups in total. The molecule has 254 valence electrons. The number of fused-ring (bicyclic) bond motifs is 2. The number of nitrogens with one attached hydrogen (secondary N) is 1. The molecule has 4 heterocycles. The number of alkyl halides is 3. The lowest BCUT2D eigenvalue weighted by Crippen LogP contribution is -2.63. The fraction of sp³-hybridized carbons (Fsp3) is 0.655. The number of carbonyl (C=O) groups is 4. The third-order valence-electron chi connectivity index (χ3n) is 7.62.